The topological polar surface area (TPSA) is 41.1 Å². The van der Waals surface area contributed by atoms with E-state index >= 15 is 0 Å². The van der Waals surface area contributed by atoms with Crippen molar-refractivity contribution in [2.45, 2.75) is 36.2 Å². The smallest absolute Gasteiger partial charge is 0.382 e. The normalized spacial score (nSPS) is 22.2. The van der Waals surface area contributed by atoms with Crippen molar-refractivity contribution in [2.24, 2.45) is 5.92 Å². The van der Waals surface area contributed by atoms with Crippen molar-refractivity contribution in [3.63, 3.8) is 0 Å². The zero-order valence-corrected chi connectivity index (χ0v) is 12.5. The van der Waals surface area contributed by atoms with Crippen LogP contribution in [0, 0.1) is 5.92 Å². The molecule has 7 heteroatoms. The highest BCUT2D eigenvalue weighted by Crippen LogP contribution is 2.37. The first kappa shape index (κ1) is 16.0. The monoisotopic (exact) mass is 318 g/mol. The van der Waals surface area contributed by atoms with E-state index in [1.54, 1.807) is 0 Å². The van der Waals surface area contributed by atoms with E-state index in [1.165, 1.54) is 11.8 Å². The van der Waals surface area contributed by atoms with Gasteiger partial charge in [-0.3, -0.25) is 4.79 Å². The van der Waals surface area contributed by atoms with Gasteiger partial charge in [0.05, 0.1) is 6.04 Å². The standard InChI is InChI=1S/C14H17F3N2OS/c1-8(2)12-10(19-13(20)14(15,16)17)7-18-9-5-3-4-6-11(9)21-12/h3-6,8,10,12,18H,7H2,1-2H3,(H,19,20). The molecule has 0 radical (unpaired) electrons. The first-order valence-corrected chi connectivity index (χ1v) is 7.54. The maximum atomic E-state index is 12.5. The first-order chi connectivity index (χ1) is 9.79. The Balaban J connectivity index is 2.20. The van der Waals surface area contributed by atoms with Gasteiger partial charge in [-0.05, 0) is 18.1 Å². The molecule has 2 N–H and O–H groups in total. The van der Waals surface area contributed by atoms with Crippen molar-refractivity contribution in [2.75, 3.05) is 11.9 Å². The number of carbonyl (C=O) groups is 1. The molecule has 1 aliphatic heterocycles. The molecule has 0 bridgehead atoms. The third kappa shape index (κ3) is 3.84. The minimum absolute atomic E-state index is 0.126. The molecule has 2 rings (SSSR count). The summed E-state index contributed by atoms with van der Waals surface area (Å²) in [6, 6.07) is 6.98. The molecule has 1 aromatic rings. The van der Waals surface area contributed by atoms with Crippen molar-refractivity contribution in [1.82, 2.24) is 5.32 Å². The van der Waals surface area contributed by atoms with Crippen molar-refractivity contribution in [3.05, 3.63) is 24.3 Å². The SMILES string of the molecule is CC(C)C1Sc2ccccc2NCC1NC(=O)C(F)(F)F. The van der Waals surface area contributed by atoms with Gasteiger partial charge < -0.3 is 10.6 Å². The van der Waals surface area contributed by atoms with Crippen LogP contribution in [0.5, 0.6) is 0 Å². The number of para-hydroxylation sites is 1. The van der Waals surface area contributed by atoms with Gasteiger partial charge in [-0.2, -0.15) is 13.2 Å². The lowest BCUT2D eigenvalue weighted by atomic mass is 10.0. The predicted octanol–water partition coefficient (Wildman–Crippen LogP) is 3.28. The van der Waals surface area contributed by atoms with E-state index in [2.05, 4.69) is 10.6 Å². The molecule has 21 heavy (non-hydrogen) atoms. The Morgan fingerprint density at radius 3 is 2.67 bits per heavy atom. The summed E-state index contributed by atoms with van der Waals surface area (Å²) >= 11 is 1.50. The van der Waals surface area contributed by atoms with E-state index < -0.39 is 18.1 Å². The molecule has 0 saturated carbocycles. The Bertz CT molecular complexity index is 519. The third-order valence-electron chi connectivity index (χ3n) is 3.29. The zero-order valence-electron chi connectivity index (χ0n) is 11.7. The van der Waals surface area contributed by atoms with E-state index in [1.807, 2.05) is 38.1 Å². The number of anilines is 1. The highest BCUT2D eigenvalue weighted by molar-refractivity contribution is 8.00. The molecule has 2 unspecified atom stereocenters. The van der Waals surface area contributed by atoms with Crippen LogP contribution in [0.3, 0.4) is 0 Å². The molecule has 0 spiro atoms. The second-order valence-electron chi connectivity index (χ2n) is 5.28. The molecule has 1 heterocycles. The van der Waals surface area contributed by atoms with Crippen LogP contribution in [0.2, 0.25) is 0 Å². The Labute approximate surface area is 125 Å². The second kappa shape index (κ2) is 6.17. The number of fused-ring (bicyclic) bond motifs is 1. The Hall–Kier alpha value is -1.37. The van der Waals surface area contributed by atoms with Crippen LogP contribution >= 0.6 is 11.8 Å². The van der Waals surface area contributed by atoms with Crippen molar-refractivity contribution < 1.29 is 18.0 Å². The average molecular weight is 318 g/mol. The van der Waals surface area contributed by atoms with Gasteiger partial charge >= 0.3 is 12.1 Å². The highest BCUT2D eigenvalue weighted by atomic mass is 32.2. The van der Waals surface area contributed by atoms with E-state index in [0.717, 1.165) is 10.6 Å². The van der Waals surface area contributed by atoms with Crippen LogP contribution in [0.4, 0.5) is 18.9 Å². The summed E-state index contributed by atoms with van der Waals surface area (Å²) in [5.74, 6) is -1.76. The predicted molar refractivity (Wildman–Crippen MR) is 77.4 cm³/mol. The van der Waals surface area contributed by atoms with Gasteiger partial charge in [0.1, 0.15) is 0 Å². The summed E-state index contributed by atoms with van der Waals surface area (Å²) < 4.78 is 37.4. The van der Waals surface area contributed by atoms with E-state index in [0.29, 0.717) is 0 Å². The van der Waals surface area contributed by atoms with Crippen LogP contribution < -0.4 is 10.6 Å². The molecular weight excluding hydrogens is 301 g/mol. The quantitative estimate of drug-likeness (QED) is 0.879. The van der Waals surface area contributed by atoms with Crippen molar-refractivity contribution in [3.8, 4) is 0 Å². The number of alkyl halides is 3. The van der Waals surface area contributed by atoms with E-state index in [-0.39, 0.29) is 17.7 Å². The summed E-state index contributed by atoms with van der Waals surface area (Å²) in [5.41, 5.74) is 0.886. The fourth-order valence-electron chi connectivity index (χ4n) is 2.26. The van der Waals surface area contributed by atoms with Crippen LogP contribution in [0.25, 0.3) is 0 Å². The lowest BCUT2D eigenvalue weighted by Crippen LogP contribution is -2.51. The van der Waals surface area contributed by atoms with Gasteiger partial charge in [0.25, 0.3) is 0 Å². The number of hydrogen-bond acceptors (Lipinski definition) is 3. The summed E-state index contributed by atoms with van der Waals surface area (Å²) in [5, 5.41) is 5.10. The van der Waals surface area contributed by atoms with Gasteiger partial charge in [0.2, 0.25) is 0 Å². The Kier molecular flexibility index (Phi) is 4.70. The van der Waals surface area contributed by atoms with Crippen molar-refractivity contribution >= 4 is 23.4 Å². The van der Waals surface area contributed by atoms with E-state index in [4.69, 9.17) is 0 Å². The second-order valence-corrected chi connectivity index (χ2v) is 6.50. The number of amides is 1. The van der Waals surface area contributed by atoms with Crippen LogP contribution in [-0.2, 0) is 4.79 Å². The Morgan fingerprint density at radius 2 is 2.05 bits per heavy atom. The summed E-state index contributed by atoms with van der Waals surface area (Å²) in [6.45, 7) is 4.16. The molecule has 0 saturated heterocycles. The van der Waals surface area contributed by atoms with Crippen LogP contribution in [-0.4, -0.2) is 29.9 Å². The minimum Gasteiger partial charge on any atom is -0.382 e. The molecule has 3 nitrogen and oxygen atoms in total. The number of hydrogen-bond donors (Lipinski definition) is 2. The van der Waals surface area contributed by atoms with Crippen molar-refractivity contribution in [1.29, 1.82) is 0 Å². The van der Waals surface area contributed by atoms with Crippen LogP contribution in [0.15, 0.2) is 29.2 Å². The number of halogens is 3. The summed E-state index contributed by atoms with van der Waals surface area (Å²) in [7, 11) is 0. The lowest BCUT2D eigenvalue weighted by Gasteiger charge is -2.28. The zero-order chi connectivity index (χ0) is 15.6. The number of rotatable bonds is 2. The third-order valence-corrected chi connectivity index (χ3v) is 5.05. The Morgan fingerprint density at radius 1 is 1.38 bits per heavy atom. The van der Waals surface area contributed by atoms with Gasteiger partial charge in [0.15, 0.2) is 0 Å². The molecule has 0 aliphatic carbocycles. The fraction of sp³-hybridized carbons (Fsp3) is 0.500. The minimum atomic E-state index is -4.86. The van der Waals surface area contributed by atoms with Gasteiger partial charge in [0, 0.05) is 22.4 Å². The molecule has 116 valence electrons. The number of nitrogens with one attached hydrogen (secondary N) is 2. The molecule has 1 aromatic carbocycles. The number of benzene rings is 1. The van der Waals surface area contributed by atoms with Gasteiger partial charge in [-0.25, -0.2) is 0 Å². The van der Waals surface area contributed by atoms with Gasteiger partial charge in [-0.15, -0.1) is 11.8 Å². The number of thioether (sulfide) groups is 1. The maximum absolute atomic E-state index is 12.5. The molecule has 1 amide bonds. The molecule has 0 fully saturated rings. The molecule has 1 aliphatic rings. The molecular formula is C14H17F3N2OS. The maximum Gasteiger partial charge on any atom is 0.471 e. The molecule has 2 atom stereocenters. The number of carbonyl (C=O) groups excluding carboxylic acids is 1. The average Bonchev–Trinajstić information content (AvgIpc) is 2.58. The van der Waals surface area contributed by atoms with Crippen LogP contribution in [0.1, 0.15) is 13.8 Å². The van der Waals surface area contributed by atoms with Gasteiger partial charge in [-0.1, -0.05) is 26.0 Å². The van der Waals surface area contributed by atoms with E-state index in [9.17, 15) is 18.0 Å². The first-order valence-electron chi connectivity index (χ1n) is 6.66. The summed E-state index contributed by atoms with van der Waals surface area (Å²) in [6.07, 6.45) is -4.86. The largest absolute Gasteiger partial charge is 0.471 e. The summed E-state index contributed by atoms with van der Waals surface area (Å²) in [4.78, 5) is 12.2. The fourth-order valence-corrected chi connectivity index (χ4v) is 3.58. The molecule has 0 aromatic heterocycles. The highest BCUT2D eigenvalue weighted by Gasteiger charge is 2.41. The lowest BCUT2D eigenvalue weighted by molar-refractivity contribution is -0.174.